The zero-order chi connectivity index (χ0) is 21.3. The summed E-state index contributed by atoms with van der Waals surface area (Å²) in [6.07, 6.45) is -3.66. The summed E-state index contributed by atoms with van der Waals surface area (Å²) < 4.78 is 39.5. The number of carbonyl (C=O) groups is 1. The Bertz CT molecular complexity index is 831. The third kappa shape index (κ3) is 5.73. The second-order valence-electron chi connectivity index (χ2n) is 8.47. The van der Waals surface area contributed by atoms with Gasteiger partial charge in [0.15, 0.2) is 0 Å². The number of hydrogen-bond donors (Lipinski definition) is 1. The minimum absolute atomic E-state index is 0.0263. The van der Waals surface area contributed by atoms with Crippen LogP contribution in [0.2, 0.25) is 0 Å². The molecule has 1 N–H and O–H groups in total. The lowest BCUT2D eigenvalue weighted by Crippen LogP contribution is -2.27. The van der Waals surface area contributed by atoms with Crippen molar-refractivity contribution in [3.05, 3.63) is 35.7 Å². The van der Waals surface area contributed by atoms with Gasteiger partial charge in [0.25, 0.3) is 0 Å². The highest BCUT2D eigenvalue weighted by atomic mass is 32.2. The van der Waals surface area contributed by atoms with E-state index in [9.17, 15) is 18.0 Å². The third-order valence-corrected chi connectivity index (χ3v) is 4.74. The van der Waals surface area contributed by atoms with Crippen molar-refractivity contribution in [3.8, 4) is 0 Å². The quantitative estimate of drug-likeness (QED) is 0.709. The van der Waals surface area contributed by atoms with Crippen molar-refractivity contribution in [2.45, 2.75) is 63.7 Å². The predicted octanol–water partition coefficient (Wildman–Crippen LogP) is 5.08. The smallest absolute Gasteiger partial charge is 0.310 e. The molecule has 1 amide bonds. The molecule has 0 aliphatic heterocycles. The van der Waals surface area contributed by atoms with Gasteiger partial charge in [-0.2, -0.15) is 18.3 Å². The first-order chi connectivity index (χ1) is 12.7. The van der Waals surface area contributed by atoms with Gasteiger partial charge in [0.1, 0.15) is 5.82 Å². The van der Waals surface area contributed by atoms with Crippen LogP contribution in [0.4, 0.5) is 19.0 Å². The van der Waals surface area contributed by atoms with E-state index in [-0.39, 0.29) is 22.6 Å². The summed E-state index contributed by atoms with van der Waals surface area (Å²) in [4.78, 5) is 16.1. The first kappa shape index (κ1) is 22.3. The molecule has 154 valence electrons. The topological polar surface area (TPSA) is 59.8 Å². The van der Waals surface area contributed by atoms with E-state index < -0.39 is 11.7 Å². The Hall–Kier alpha value is -2.03. The molecule has 28 heavy (non-hydrogen) atoms. The molecule has 0 atom stereocenters. The number of nitrogens with one attached hydrogen (secondary N) is 1. The molecule has 5 nitrogen and oxygen atoms in total. The molecular formula is C19H25F3N4OS. The SMILES string of the molecule is CC(C)(C)c1cc(NC(=O)CSc2ccc(C(F)(F)F)cn2)n(C(C)(C)C)n1. The molecule has 2 rings (SSSR count). The molecule has 0 fully saturated rings. The van der Waals surface area contributed by atoms with Gasteiger partial charge in [-0.1, -0.05) is 32.5 Å². The number of anilines is 1. The van der Waals surface area contributed by atoms with Crippen molar-refractivity contribution in [2.24, 2.45) is 0 Å². The molecule has 2 aromatic heterocycles. The second kappa shape index (κ2) is 7.77. The zero-order valence-corrected chi connectivity index (χ0v) is 17.6. The number of amides is 1. The summed E-state index contributed by atoms with van der Waals surface area (Å²) in [5, 5.41) is 7.83. The Morgan fingerprint density at radius 2 is 1.79 bits per heavy atom. The van der Waals surface area contributed by atoms with E-state index in [0.29, 0.717) is 10.8 Å². The van der Waals surface area contributed by atoms with Gasteiger partial charge in [-0.05, 0) is 32.9 Å². The van der Waals surface area contributed by atoms with Gasteiger partial charge >= 0.3 is 6.18 Å². The van der Waals surface area contributed by atoms with Crippen LogP contribution in [-0.2, 0) is 21.9 Å². The maximum Gasteiger partial charge on any atom is 0.417 e. The molecule has 0 saturated heterocycles. The number of aromatic nitrogens is 3. The van der Waals surface area contributed by atoms with Crippen LogP contribution < -0.4 is 5.32 Å². The zero-order valence-electron chi connectivity index (χ0n) is 16.8. The largest absolute Gasteiger partial charge is 0.417 e. The van der Waals surface area contributed by atoms with Gasteiger partial charge in [-0.3, -0.25) is 4.79 Å². The Morgan fingerprint density at radius 3 is 2.25 bits per heavy atom. The fourth-order valence-electron chi connectivity index (χ4n) is 2.30. The Kier molecular flexibility index (Phi) is 6.18. The lowest BCUT2D eigenvalue weighted by molar-refractivity contribution is -0.137. The van der Waals surface area contributed by atoms with Crippen molar-refractivity contribution >= 4 is 23.5 Å². The van der Waals surface area contributed by atoms with Crippen LogP contribution in [0.3, 0.4) is 0 Å². The summed E-state index contributed by atoms with van der Waals surface area (Å²) in [7, 11) is 0. The summed E-state index contributed by atoms with van der Waals surface area (Å²) >= 11 is 1.07. The van der Waals surface area contributed by atoms with E-state index in [1.165, 1.54) is 6.07 Å². The average molecular weight is 414 g/mol. The maximum atomic E-state index is 12.6. The van der Waals surface area contributed by atoms with Crippen LogP contribution in [0.25, 0.3) is 0 Å². The molecule has 9 heteroatoms. The summed E-state index contributed by atoms with van der Waals surface area (Å²) in [6, 6.07) is 4.07. The standard InChI is InChI=1S/C19H25F3N4OS/c1-17(2,3)13-9-14(26(25-13)18(4,5)6)24-15(27)11-28-16-8-7-12(10-23-16)19(20,21)22/h7-10H,11H2,1-6H3,(H,24,27). The van der Waals surface area contributed by atoms with Gasteiger partial charge < -0.3 is 5.32 Å². The normalized spacial score (nSPS) is 12.9. The predicted molar refractivity (Wildman–Crippen MR) is 105 cm³/mol. The lowest BCUT2D eigenvalue weighted by Gasteiger charge is -2.23. The number of rotatable bonds is 4. The van der Waals surface area contributed by atoms with Crippen LogP contribution >= 0.6 is 11.8 Å². The number of thioether (sulfide) groups is 1. The first-order valence-corrected chi connectivity index (χ1v) is 9.73. The molecule has 2 aromatic rings. The molecule has 0 aliphatic rings. The molecule has 0 spiro atoms. The highest BCUT2D eigenvalue weighted by Gasteiger charge is 2.30. The van der Waals surface area contributed by atoms with Crippen LogP contribution in [0, 0.1) is 0 Å². The number of pyridine rings is 1. The Morgan fingerprint density at radius 1 is 1.14 bits per heavy atom. The average Bonchev–Trinajstić information content (AvgIpc) is 2.97. The van der Waals surface area contributed by atoms with Gasteiger partial charge in [-0.15, -0.1) is 0 Å². The van der Waals surface area contributed by atoms with Gasteiger partial charge in [0.05, 0.1) is 27.6 Å². The molecule has 0 saturated carbocycles. The third-order valence-electron chi connectivity index (χ3n) is 3.80. The van der Waals surface area contributed by atoms with E-state index >= 15 is 0 Å². The van der Waals surface area contributed by atoms with E-state index in [2.05, 4.69) is 15.4 Å². The molecule has 0 aromatic carbocycles. The van der Waals surface area contributed by atoms with Crippen LogP contribution in [-0.4, -0.2) is 26.4 Å². The lowest BCUT2D eigenvalue weighted by atomic mass is 9.92. The molecule has 0 radical (unpaired) electrons. The van der Waals surface area contributed by atoms with Crippen molar-refractivity contribution in [1.82, 2.24) is 14.8 Å². The minimum Gasteiger partial charge on any atom is -0.310 e. The van der Waals surface area contributed by atoms with Crippen molar-refractivity contribution in [1.29, 1.82) is 0 Å². The van der Waals surface area contributed by atoms with Gasteiger partial charge in [0, 0.05) is 17.7 Å². The van der Waals surface area contributed by atoms with Gasteiger partial charge in [0.2, 0.25) is 5.91 Å². The molecule has 2 heterocycles. The summed E-state index contributed by atoms with van der Waals surface area (Å²) in [5.41, 5.74) is -0.455. The fourth-order valence-corrected chi connectivity index (χ4v) is 2.94. The van der Waals surface area contributed by atoms with Crippen LogP contribution in [0.15, 0.2) is 29.4 Å². The molecular weight excluding hydrogens is 389 g/mol. The molecule has 0 aliphatic carbocycles. The van der Waals surface area contributed by atoms with Crippen molar-refractivity contribution in [2.75, 3.05) is 11.1 Å². The highest BCUT2D eigenvalue weighted by molar-refractivity contribution is 7.99. The van der Waals surface area contributed by atoms with E-state index in [1.807, 2.05) is 47.6 Å². The number of halogens is 3. The van der Waals surface area contributed by atoms with Gasteiger partial charge in [-0.25, -0.2) is 9.67 Å². The fraction of sp³-hybridized carbons (Fsp3) is 0.526. The Labute approximate surface area is 167 Å². The van der Waals surface area contributed by atoms with E-state index in [0.717, 1.165) is 29.7 Å². The highest BCUT2D eigenvalue weighted by Crippen LogP contribution is 2.30. The number of alkyl halides is 3. The molecule has 0 unspecified atom stereocenters. The van der Waals surface area contributed by atoms with E-state index in [4.69, 9.17) is 0 Å². The number of nitrogens with zero attached hydrogens (tertiary/aromatic N) is 3. The van der Waals surface area contributed by atoms with Crippen LogP contribution in [0.1, 0.15) is 52.8 Å². The number of carbonyl (C=O) groups excluding carboxylic acids is 1. The summed E-state index contributed by atoms with van der Waals surface area (Å²) in [5.74, 6) is 0.333. The summed E-state index contributed by atoms with van der Waals surface area (Å²) in [6.45, 7) is 12.1. The van der Waals surface area contributed by atoms with Crippen LogP contribution in [0.5, 0.6) is 0 Å². The Balaban J connectivity index is 2.08. The first-order valence-electron chi connectivity index (χ1n) is 8.75. The monoisotopic (exact) mass is 414 g/mol. The molecule has 0 bridgehead atoms. The van der Waals surface area contributed by atoms with Crippen molar-refractivity contribution in [3.63, 3.8) is 0 Å². The van der Waals surface area contributed by atoms with Crippen molar-refractivity contribution < 1.29 is 18.0 Å². The van der Waals surface area contributed by atoms with E-state index in [1.54, 1.807) is 4.68 Å². The minimum atomic E-state index is -4.43. The maximum absolute atomic E-state index is 12.6. The second-order valence-corrected chi connectivity index (χ2v) is 9.46. The number of hydrogen-bond acceptors (Lipinski definition) is 4.